The van der Waals surface area contributed by atoms with Gasteiger partial charge in [-0.15, -0.1) is 0 Å². The van der Waals surface area contributed by atoms with Crippen molar-refractivity contribution in [1.82, 2.24) is 14.8 Å². The zero-order valence-electron chi connectivity index (χ0n) is 11.3. The Bertz CT molecular complexity index is 699. The van der Waals surface area contributed by atoms with E-state index in [2.05, 4.69) is 10.1 Å². The van der Waals surface area contributed by atoms with Gasteiger partial charge in [0, 0.05) is 17.8 Å². The number of halogens is 1. The molecule has 2 aromatic rings. The normalized spacial score (nSPS) is 13.8. The van der Waals surface area contributed by atoms with E-state index in [0.717, 1.165) is 5.39 Å². The van der Waals surface area contributed by atoms with E-state index in [1.165, 1.54) is 6.26 Å². The summed E-state index contributed by atoms with van der Waals surface area (Å²) in [6.45, 7) is 2.29. The zero-order chi connectivity index (χ0) is 14.8. The van der Waals surface area contributed by atoms with Crippen LogP contribution in [0.5, 0.6) is 0 Å². The minimum absolute atomic E-state index is 0.254. The third kappa shape index (κ3) is 3.91. The molecule has 0 aliphatic rings. The number of pyridine rings is 1. The Morgan fingerprint density at radius 1 is 1.45 bits per heavy atom. The summed E-state index contributed by atoms with van der Waals surface area (Å²) in [5.41, 5.74) is 0.561. The van der Waals surface area contributed by atoms with Crippen LogP contribution < -0.4 is 0 Å². The second-order valence-corrected chi connectivity index (χ2v) is 7.53. The summed E-state index contributed by atoms with van der Waals surface area (Å²) in [6, 6.07) is 3.53. The molecule has 2 heterocycles. The lowest BCUT2D eigenvalue weighted by Gasteiger charge is -2.09. The standard InChI is InChI=1S/C12H16ClN3O3S/c1-9(20(2,17)18)5-6-19-8-16-7-10-3-4-11(13)14-12(10)15-16/h3-4,7,9H,5-6,8H2,1-2H3. The summed E-state index contributed by atoms with van der Waals surface area (Å²) >= 11 is 5.78. The van der Waals surface area contributed by atoms with E-state index in [0.29, 0.717) is 23.8 Å². The molecule has 0 bridgehead atoms. The molecule has 2 rings (SSSR count). The summed E-state index contributed by atoms with van der Waals surface area (Å²) in [5.74, 6) is 0. The fraction of sp³-hybridized carbons (Fsp3) is 0.500. The Kier molecular flexibility index (Phi) is 4.62. The van der Waals surface area contributed by atoms with Crippen molar-refractivity contribution in [3.8, 4) is 0 Å². The van der Waals surface area contributed by atoms with Crippen molar-refractivity contribution in [1.29, 1.82) is 0 Å². The van der Waals surface area contributed by atoms with Crippen molar-refractivity contribution in [2.24, 2.45) is 0 Å². The second-order valence-electron chi connectivity index (χ2n) is 4.68. The molecule has 0 aliphatic carbocycles. The van der Waals surface area contributed by atoms with Crippen LogP contribution in [0, 0.1) is 0 Å². The molecule has 0 saturated carbocycles. The van der Waals surface area contributed by atoms with Crippen LogP contribution in [0.1, 0.15) is 13.3 Å². The predicted molar refractivity (Wildman–Crippen MR) is 77.4 cm³/mol. The lowest BCUT2D eigenvalue weighted by Crippen LogP contribution is -2.18. The maximum Gasteiger partial charge on any atom is 0.182 e. The summed E-state index contributed by atoms with van der Waals surface area (Å²) in [7, 11) is -3.00. The average molecular weight is 318 g/mol. The molecule has 0 amide bonds. The van der Waals surface area contributed by atoms with E-state index in [4.69, 9.17) is 16.3 Å². The fourth-order valence-corrected chi connectivity index (χ4v) is 2.28. The Morgan fingerprint density at radius 3 is 2.90 bits per heavy atom. The number of ether oxygens (including phenoxy) is 1. The molecule has 8 heteroatoms. The maximum atomic E-state index is 11.3. The van der Waals surface area contributed by atoms with Crippen molar-refractivity contribution >= 4 is 32.5 Å². The molecule has 2 aromatic heterocycles. The van der Waals surface area contributed by atoms with Crippen molar-refractivity contribution in [3.63, 3.8) is 0 Å². The van der Waals surface area contributed by atoms with Crippen LogP contribution in [0.25, 0.3) is 11.0 Å². The van der Waals surface area contributed by atoms with Crippen LogP contribution in [-0.2, 0) is 21.3 Å². The molecule has 0 N–H and O–H groups in total. The number of rotatable bonds is 6. The molecule has 0 aliphatic heterocycles. The molecule has 1 unspecified atom stereocenters. The highest BCUT2D eigenvalue weighted by Gasteiger charge is 2.14. The lowest BCUT2D eigenvalue weighted by atomic mass is 10.3. The highest BCUT2D eigenvalue weighted by atomic mass is 35.5. The Balaban J connectivity index is 1.87. The van der Waals surface area contributed by atoms with Gasteiger partial charge in [0.1, 0.15) is 21.7 Å². The first-order valence-corrected chi connectivity index (χ1v) is 8.46. The van der Waals surface area contributed by atoms with E-state index < -0.39 is 15.1 Å². The van der Waals surface area contributed by atoms with E-state index in [1.54, 1.807) is 23.9 Å². The van der Waals surface area contributed by atoms with Crippen molar-refractivity contribution in [2.45, 2.75) is 25.3 Å². The minimum atomic E-state index is -3.00. The largest absolute Gasteiger partial charge is 0.359 e. The number of fused-ring (bicyclic) bond motifs is 1. The highest BCUT2D eigenvalue weighted by Crippen LogP contribution is 2.13. The number of sulfone groups is 1. The van der Waals surface area contributed by atoms with Gasteiger partial charge < -0.3 is 4.74 Å². The van der Waals surface area contributed by atoms with Gasteiger partial charge in [-0.1, -0.05) is 11.6 Å². The summed E-state index contributed by atoms with van der Waals surface area (Å²) in [4.78, 5) is 4.08. The van der Waals surface area contributed by atoms with Crippen molar-refractivity contribution in [3.05, 3.63) is 23.5 Å². The van der Waals surface area contributed by atoms with Crippen molar-refractivity contribution < 1.29 is 13.2 Å². The molecule has 1 atom stereocenters. The van der Waals surface area contributed by atoms with Gasteiger partial charge >= 0.3 is 0 Å². The smallest absolute Gasteiger partial charge is 0.182 e. The van der Waals surface area contributed by atoms with Gasteiger partial charge in [-0.3, -0.25) is 0 Å². The third-order valence-electron chi connectivity index (χ3n) is 3.01. The Labute approximate surface area is 122 Å². The molecule has 0 spiro atoms. The fourth-order valence-electron chi connectivity index (χ4n) is 1.62. The molecule has 0 aromatic carbocycles. The molecule has 0 fully saturated rings. The van der Waals surface area contributed by atoms with Gasteiger partial charge in [0.2, 0.25) is 0 Å². The van der Waals surface area contributed by atoms with Gasteiger partial charge in [-0.25, -0.2) is 18.1 Å². The van der Waals surface area contributed by atoms with E-state index in [-0.39, 0.29) is 6.73 Å². The Morgan fingerprint density at radius 2 is 2.20 bits per heavy atom. The van der Waals surface area contributed by atoms with Crippen LogP contribution in [-0.4, -0.2) is 41.3 Å². The molecule has 6 nitrogen and oxygen atoms in total. The van der Waals surface area contributed by atoms with Gasteiger partial charge in [0.15, 0.2) is 5.65 Å². The highest BCUT2D eigenvalue weighted by molar-refractivity contribution is 7.91. The minimum Gasteiger partial charge on any atom is -0.359 e. The lowest BCUT2D eigenvalue weighted by molar-refractivity contribution is 0.0676. The maximum absolute atomic E-state index is 11.3. The molecular formula is C12H16ClN3O3S. The molecule has 20 heavy (non-hydrogen) atoms. The second kappa shape index (κ2) is 6.07. The SMILES string of the molecule is CC(CCOCn1cc2ccc(Cl)nc2n1)S(C)(=O)=O. The van der Waals surface area contributed by atoms with Crippen LogP contribution in [0.15, 0.2) is 18.3 Å². The predicted octanol–water partition coefficient (Wildman–Crippen LogP) is 1.88. The molecule has 110 valence electrons. The van der Waals surface area contributed by atoms with Gasteiger partial charge in [0.05, 0.1) is 11.9 Å². The summed E-state index contributed by atoms with van der Waals surface area (Å²) in [5, 5.41) is 5.09. The number of hydrogen-bond acceptors (Lipinski definition) is 5. The zero-order valence-corrected chi connectivity index (χ0v) is 12.9. The average Bonchev–Trinajstić information content (AvgIpc) is 2.74. The number of nitrogens with zero attached hydrogens (tertiary/aromatic N) is 3. The topological polar surface area (TPSA) is 74.1 Å². The van der Waals surface area contributed by atoms with Crippen LogP contribution in [0.4, 0.5) is 0 Å². The van der Waals surface area contributed by atoms with Gasteiger partial charge in [0.25, 0.3) is 0 Å². The molecule has 0 radical (unpaired) electrons. The third-order valence-corrected chi connectivity index (χ3v) is 4.91. The van der Waals surface area contributed by atoms with Crippen LogP contribution in [0.2, 0.25) is 5.15 Å². The first-order valence-electron chi connectivity index (χ1n) is 6.12. The molecule has 0 saturated heterocycles. The van der Waals surface area contributed by atoms with E-state index >= 15 is 0 Å². The molecular weight excluding hydrogens is 302 g/mol. The first-order chi connectivity index (χ1) is 9.36. The summed E-state index contributed by atoms with van der Waals surface area (Å²) in [6.07, 6.45) is 3.50. The number of hydrogen-bond donors (Lipinski definition) is 0. The summed E-state index contributed by atoms with van der Waals surface area (Å²) < 4.78 is 29.5. The van der Waals surface area contributed by atoms with Crippen LogP contribution in [0.3, 0.4) is 0 Å². The van der Waals surface area contributed by atoms with Crippen molar-refractivity contribution in [2.75, 3.05) is 12.9 Å². The van der Waals surface area contributed by atoms with Gasteiger partial charge in [-0.05, 0) is 25.5 Å². The van der Waals surface area contributed by atoms with Gasteiger partial charge in [-0.2, -0.15) is 5.10 Å². The van der Waals surface area contributed by atoms with E-state index in [1.807, 2.05) is 6.07 Å². The monoisotopic (exact) mass is 317 g/mol. The Hall–Kier alpha value is -1.18. The quantitative estimate of drug-likeness (QED) is 0.601. The number of aromatic nitrogens is 3. The van der Waals surface area contributed by atoms with Crippen LogP contribution >= 0.6 is 11.6 Å². The van der Waals surface area contributed by atoms with E-state index in [9.17, 15) is 8.42 Å². The first kappa shape index (κ1) is 15.2.